The number of fused-ring (bicyclic) bond motifs is 1. The van der Waals surface area contributed by atoms with Crippen LogP contribution < -0.4 is 15.1 Å². The highest BCUT2D eigenvalue weighted by Crippen LogP contribution is 2.37. The Kier molecular flexibility index (Phi) is 6.00. The van der Waals surface area contributed by atoms with Crippen molar-refractivity contribution < 1.29 is 14.3 Å². The van der Waals surface area contributed by atoms with Crippen molar-refractivity contribution in [2.24, 2.45) is 0 Å². The predicted octanol–water partition coefficient (Wildman–Crippen LogP) is 4.48. The van der Waals surface area contributed by atoms with Crippen molar-refractivity contribution in [3.63, 3.8) is 0 Å². The Bertz CT molecular complexity index is 1090. The van der Waals surface area contributed by atoms with Gasteiger partial charge in [-0.25, -0.2) is 0 Å². The van der Waals surface area contributed by atoms with Crippen LogP contribution in [0, 0.1) is 0 Å². The number of halogens is 1. The molecule has 0 saturated carbocycles. The number of anilines is 3. The van der Waals surface area contributed by atoms with Crippen LogP contribution >= 0.6 is 22.9 Å². The topological polar surface area (TPSA) is 54.0 Å². The maximum atomic E-state index is 13.2. The number of carbonyl (C=O) groups is 1. The van der Waals surface area contributed by atoms with E-state index in [0.717, 1.165) is 66.5 Å². The predicted molar refractivity (Wildman–Crippen MR) is 127 cm³/mol. The summed E-state index contributed by atoms with van der Waals surface area (Å²) in [6.45, 7) is 6.13. The van der Waals surface area contributed by atoms with E-state index in [2.05, 4.69) is 27.2 Å². The Morgan fingerprint density at radius 1 is 0.935 bits per heavy atom. The standard InChI is InChI=1S/C23H24ClN3O3S/c24-21-17-3-1-2-4-20(17)31-22(21)23(28)25-18-6-5-16(26-7-11-29-12-8-26)15-19(18)27-9-13-30-14-10-27/h1-6,15H,7-14H2,(H,25,28). The van der Waals surface area contributed by atoms with Gasteiger partial charge in [0.2, 0.25) is 0 Å². The van der Waals surface area contributed by atoms with E-state index in [4.69, 9.17) is 21.1 Å². The number of rotatable bonds is 4. The van der Waals surface area contributed by atoms with Gasteiger partial charge in [0, 0.05) is 42.0 Å². The van der Waals surface area contributed by atoms with Crippen molar-refractivity contribution in [1.82, 2.24) is 0 Å². The smallest absolute Gasteiger partial charge is 0.267 e. The number of nitrogens with zero attached hydrogens (tertiary/aromatic N) is 2. The van der Waals surface area contributed by atoms with Gasteiger partial charge in [-0.3, -0.25) is 4.79 Å². The summed E-state index contributed by atoms with van der Waals surface area (Å²) in [5.74, 6) is -0.181. The van der Waals surface area contributed by atoms with Gasteiger partial charge in [0.25, 0.3) is 5.91 Å². The first kappa shape index (κ1) is 20.6. The molecule has 3 aromatic rings. The normalized spacial score (nSPS) is 17.2. The van der Waals surface area contributed by atoms with Gasteiger partial charge in [-0.05, 0) is 24.3 Å². The molecular formula is C23H24ClN3O3S. The van der Waals surface area contributed by atoms with Gasteiger partial charge in [-0.15, -0.1) is 11.3 Å². The van der Waals surface area contributed by atoms with Crippen molar-refractivity contribution >= 4 is 56.0 Å². The number of nitrogens with one attached hydrogen (secondary N) is 1. The highest BCUT2D eigenvalue weighted by molar-refractivity contribution is 7.21. The zero-order valence-corrected chi connectivity index (χ0v) is 18.7. The van der Waals surface area contributed by atoms with Crippen molar-refractivity contribution in [1.29, 1.82) is 0 Å². The van der Waals surface area contributed by atoms with E-state index in [-0.39, 0.29) is 5.91 Å². The zero-order chi connectivity index (χ0) is 21.2. The van der Waals surface area contributed by atoms with Gasteiger partial charge < -0.3 is 24.6 Å². The molecule has 0 aliphatic carbocycles. The summed E-state index contributed by atoms with van der Waals surface area (Å²) in [5.41, 5.74) is 2.94. The zero-order valence-electron chi connectivity index (χ0n) is 17.1. The van der Waals surface area contributed by atoms with Gasteiger partial charge in [0.15, 0.2) is 0 Å². The van der Waals surface area contributed by atoms with Crippen molar-refractivity contribution in [3.8, 4) is 0 Å². The van der Waals surface area contributed by atoms with E-state index in [9.17, 15) is 4.79 Å². The lowest BCUT2D eigenvalue weighted by Gasteiger charge is -2.33. The van der Waals surface area contributed by atoms with Crippen molar-refractivity contribution in [2.75, 3.05) is 67.7 Å². The van der Waals surface area contributed by atoms with E-state index in [1.807, 2.05) is 30.3 Å². The Labute approximate surface area is 190 Å². The van der Waals surface area contributed by atoms with Crippen LogP contribution in [0.5, 0.6) is 0 Å². The van der Waals surface area contributed by atoms with E-state index >= 15 is 0 Å². The number of hydrogen-bond donors (Lipinski definition) is 1. The first-order valence-corrected chi connectivity index (χ1v) is 11.7. The number of thiophene rings is 1. The largest absolute Gasteiger partial charge is 0.378 e. The molecule has 162 valence electrons. The van der Waals surface area contributed by atoms with Crippen LogP contribution in [0.2, 0.25) is 5.02 Å². The quantitative estimate of drug-likeness (QED) is 0.626. The molecular weight excluding hydrogens is 434 g/mol. The minimum atomic E-state index is -0.181. The third kappa shape index (κ3) is 4.23. The number of carbonyl (C=O) groups excluding carboxylic acids is 1. The Balaban J connectivity index is 1.46. The molecule has 2 aliphatic rings. The number of ether oxygens (including phenoxy) is 2. The lowest BCUT2D eigenvalue weighted by atomic mass is 10.1. The summed E-state index contributed by atoms with van der Waals surface area (Å²) in [5, 5.41) is 4.54. The fraction of sp³-hybridized carbons (Fsp3) is 0.348. The van der Waals surface area contributed by atoms with Crippen LogP contribution in [-0.4, -0.2) is 58.5 Å². The molecule has 1 aromatic heterocycles. The maximum Gasteiger partial charge on any atom is 0.267 e. The van der Waals surface area contributed by atoms with Gasteiger partial charge in [0.05, 0.1) is 42.8 Å². The summed E-state index contributed by atoms with van der Waals surface area (Å²) in [6.07, 6.45) is 0. The molecule has 0 atom stereocenters. The first-order valence-electron chi connectivity index (χ1n) is 10.5. The number of hydrogen-bond acceptors (Lipinski definition) is 6. The molecule has 31 heavy (non-hydrogen) atoms. The monoisotopic (exact) mass is 457 g/mol. The first-order chi connectivity index (χ1) is 15.2. The van der Waals surface area contributed by atoms with Crippen molar-refractivity contribution in [3.05, 3.63) is 52.4 Å². The lowest BCUT2D eigenvalue weighted by Crippen LogP contribution is -2.38. The third-order valence-electron chi connectivity index (χ3n) is 5.70. The van der Waals surface area contributed by atoms with Gasteiger partial charge >= 0.3 is 0 Å². The molecule has 0 spiro atoms. The third-order valence-corrected chi connectivity index (χ3v) is 7.37. The summed E-state index contributed by atoms with van der Waals surface area (Å²) < 4.78 is 12.0. The SMILES string of the molecule is O=C(Nc1ccc(N2CCOCC2)cc1N1CCOCC1)c1sc2ccccc2c1Cl. The van der Waals surface area contributed by atoms with Gasteiger partial charge in [0.1, 0.15) is 4.88 Å². The van der Waals surface area contributed by atoms with E-state index in [1.54, 1.807) is 0 Å². The van der Waals surface area contributed by atoms with Crippen LogP contribution in [0.3, 0.4) is 0 Å². The molecule has 2 fully saturated rings. The summed E-state index contributed by atoms with van der Waals surface area (Å²) >= 11 is 7.96. The minimum absolute atomic E-state index is 0.181. The second-order valence-corrected chi connectivity index (χ2v) is 9.03. The van der Waals surface area contributed by atoms with E-state index in [1.165, 1.54) is 11.3 Å². The summed E-state index contributed by atoms with van der Waals surface area (Å²) in [4.78, 5) is 18.3. The molecule has 6 nitrogen and oxygen atoms in total. The fourth-order valence-electron chi connectivity index (χ4n) is 4.05. The second-order valence-electron chi connectivity index (χ2n) is 7.60. The van der Waals surface area contributed by atoms with Gasteiger partial charge in [-0.1, -0.05) is 29.8 Å². The fourth-order valence-corrected chi connectivity index (χ4v) is 5.46. The molecule has 0 bridgehead atoms. The lowest BCUT2D eigenvalue weighted by molar-refractivity contribution is 0.103. The Hall–Kier alpha value is -2.32. The van der Waals surface area contributed by atoms with Crippen LogP contribution in [0.25, 0.3) is 10.1 Å². The van der Waals surface area contributed by atoms with Crippen LogP contribution in [0.4, 0.5) is 17.1 Å². The average Bonchev–Trinajstić information content (AvgIpc) is 3.17. The summed E-state index contributed by atoms with van der Waals surface area (Å²) in [6, 6.07) is 14.0. The molecule has 1 N–H and O–H groups in total. The van der Waals surface area contributed by atoms with Crippen LogP contribution in [-0.2, 0) is 9.47 Å². The van der Waals surface area contributed by atoms with E-state index < -0.39 is 0 Å². The minimum Gasteiger partial charge on any atom is -0.378 e. The van der Waals surface area contributed by atoms with E-state index in [0.29, 0.717) is 23.1 Å². The molecule has 5 rings (SSSR count). The van der Waals surface area contributed by atoms with Crippen LogP contribution in [0.1, 0.15) is 9.67 Å². The maximum absolute atomic E-state index is 13.2. The Morgan fingerprint density at radius 2 is 1.61 bits per heavy atom. The summed E-state index contributed by atoms with van der Waals surface area (Å²) in [7, 11) is 0. The molecule has 0 unspecified atom stereocenters. The number of amides is 1. The van der Waals surface area contributed by atoms with Crippen LogP contribution in [0.15, 0.2) is 42.5 Å². The second kappa shape index (κ2) is 9.04. The highest BCUT2D eigenvalue weighted by atomic mass is 35.5. The molecule has 2 aliphatic heterocycles. The molecule has 0 radical (unpaired) electrons. The van der Waals surface area contributed by atoms with Crippen molar-refractivity contribution in [2.45, 2.75) is 0 Å². The number of benzene rings is 2. The highest BCUT2D eigenvalue weighted by Gasteiger charge is 2.22. The number of morpholine rings is 2. The average molecular weight is 458 g/mol. The molecule has 2 saturated heterocycles. The Morgan fingerprint density at radius 3 is 2.32 bits per heavy atom. The molecule has 8 heteroatoms. The molecule has 1 amide bonds. The van der Waals surface area contributed by atoms with Gasteiger partial charge in [-0.2, -0.15) is 0 Å². The molecule has 3 heterocycles. The molecule has 2 aromatic carbocycles.